The van der Waals surface area contributed by atoms with Crippen molar-refractivity contribution in [1.82, 2.24) is 0 Å². The Hall–Kier alpha value is -1.59. The Morgan fingerprint density at radius 1 is 0.840 bits per heavy atom. The molecular formula is C19H34O6. The molecule has 0 amide bonds. The third-order valence-electron chi connectivity index (χ3n) is 3.08. The quantitative estimate of drug-likeness (QED) is 0.393. The fraction of sp³-hybridized carbons (Fsp3) is 0.842. The number of esters is 3. The molecule has 1 atom stereocenters. The normalized spacial score (nSPS) is 14.6. The first-order valence-electron chi connectivity index (χ1n) is 8.75. The first kappa shape index (κ1) is 23.4. The Kier molecular flexibility index (Phi) is 8.12. The van der Waals surface area contributed by atoms with Crippen LogP contribution >= 0.6 is 0 Å². The maximum absolute atomic E-state index is 12.9. The van der Waals surface area contributed by atoms with Gasteiger partial charge in [-0.15, -0.1) is 0 Å². The molecular weight excluding hydrogens is 324 g/mol. The maximum Gasteiger partial charge on any atom is 0.324 e. The number of ether oxygens (including phenoxy) is 3. The van der Waals surface area contributed by atoms with E-state index in [1.54, 1.807) is 48.5 Å². The van der Waals surface area contributed by atoms with Gasteiger partial charge >= 0.3 is 17.9 Å². The Bertz CT molecular complexity index is 481. The van der Waals surface area contributed by atoms with E-state index < -0.39 is 40.9 Å². The molecule has 0 aromatic carbocycles. The molecule has 0 saturated carbocycles. The molecule has 25 heavy (non-hydrogen) atoms. The van der Waals surface area contributed by atoms with Crippen molar-refractivity contribution in [1.29, 1.82) is 0 Å². The van der Waals surface area contributed by atoms with Crippen LogP contribution in [-0.2, 0) is 28.6 Å². The lowest BCUT2D eigenvalue weighted by molar-refractivity contribution is -0.187. The summed E-state index contributed by atoms with van der Waals surface area (Å²) in [4.78, 5) is 38.0. The van der Waals surface area contributed by atoms with Crippen LogP contribution in [0.3, 0.4) is 0 Å². The Morgan fingerprint density at radius 3 is 1.68 bits per heavy atom. The monoisotopic (exact) mass is 358 g/mol. The second-order valence-corrected chi connectivity index (χ2v) is 8.67. The third-order valence-corrected chi connectivity index (χ3v) is 3.08. The van der Waals surface area contributed by atoms with Gasteiger partial charge in [-0.05, 0) is 60.8 Å². The van der Waals surface area contributed by atoms with Crippen molar-refractivity contribution < 1.29 is 28.6 Å². The summed E-state index contributed by atoms with van der Waals surface area (Å²) in [5.74, 6) is -2.16. The van der Waals surface area contributed by atoms with Gasteiger partial charge in [0.05, 0.1) is 13.0 Å². The highest BCUT2D eigenvalue weighted by atomic mass is 16.6. The Balaban J connectivity index is 5.88. The number of carbonyl (C=O) groups is 3. The van der Waals surface area contributed by atoms with Crippen LogP contribution in [0.2, 0.25) is 0 Å². The predicted octanol–water partition coefficient (Wildman–Crippen LogP) is 3.66. The summed E-state index contributed by atoms with van der Waals surface area (Å²) in [6.45, 7) is 15.8. The molecule has 0 N–H and O–H groups in total. The van der Waals surface area contributed by atoms with E-state index in [1.807, 2.05) is 13.8 Å². The molecule has 0 bridgehead atoms. The zero-order valence-electron chi connectivity index (χ0n) is 17.1. The summed E-state index contributed by atoms with van der Waals surface area (Å²) in [5.41, 5.74) is -3.22. The van der Waals surface area contributed by atoms with Gasteiger partial charge in [-0.1, -0.05) is 13.8 Å². The molecule has 6 heteroatoms. The van der Waals surface area contributed by atoms with Gasteiger partial charge in [0.1, 0.15) is 11.2 Å². The third kappa shape index (κ3) is 8.36. The van der Waals surface area contributed by atoms with Crippen LogP contribution in [-0.4, -0.2) is 35.7 Å². The second-order valence-electron chi connectivity index (χ2n) is 8.67. The maximum atomic E-state index is 12.9. The summed E-state index contributed by atoms with van der Waals surface area (Å²) in [6, 6.07) is 0. The average molecular weight is 358 g/mol. The van der Waals surface area contributed by atoms with Crippen molar-refractivity contribution in [3.8, 4) is 0 Å². The molecule has 0 saturated heterocycles. The van der Waals surface area contributed by atoms with Gasteiger partial charge in [0, 0.05) is 0 Å². The summed E-state index contributed by atoms with van der Waals surface area (Å²) >= 11 is 0. The van der Waals surface area contributed by atoms with E-state index in [-0.39, 0.29) is 18.9 Å². The molecule has 0 radical (unpaired) electrons. The number of rotatable bonds is 7. The molecule has 1 unspecified atom stereocenters. The molecule has 0 fully saturated rings. The molecule has 146 valence electrons. The topological polar surface area (TPSA) is 78.9 Å². The molecule has 0 aromatic rings. The Morgan fingerprint density at radius 2 is 1.32 bits per heavy atom. The van der Waals surface area contributed by atoms with Gasteiger partial charge in [0.25, 0.3) is 0 Å². The van der Waals surface area contributed by atoms with Crippen molar-refractivity contribution in [2.45, 2.75) is 86.4 Å². The highest BCUT2D eigenvalue weighted by Gasteiger charge is 2.52. The van der Waals surface area contributed by atoms with Crippen molar-refractivity contribution in [3.05, 3.63) is 0 Å². The molecule has 0 aliphatic heterocycles. The van der Waals surface area contributed by atoms with E-state index in [0.717, 1.165) is 0 Å². The largest absolute Gasteiger partial charge is 0.465 e. The minimum atomic E-state index is -1.71. The zero-order valence-corrected chi connectivity index (χ0v) is 17.1. The second kappa shape index (κ2) is 8.68. The molecule has 0 rings (SSSR count). The van der Waals surface area contributed by atoms with Gasteiger partial charge in [0.2, 0.25) is 0 Å². The molecule has 0 aliphatic carbocycles. The predicted molar refractivity (Wildman–Crippen MR) is 94.8 cm³/mol. The van der Waals surface area contributed by atoms with E-state index in [4.69, 9.17) is 14.2 Å². The van der Waals surface area contributed by atoms with Crippen LogP contribution in [0.1, 0.15) is 75.2 Å². The average Bonchev–Trinajstić information content (AvgIpc) is 2.32. The fourth-order valence-electron chi connectivity index (χ4n) is 2.43. The zero-order chi connectivity index (χ0) is 20.1. The first-order chi connectivity index (χ1) is 11.1. The first-order valence-corrected chi connectivity index (χ1v) is 8.75. The Labute approximate surface area is 151 Å². The van der Waals surface area contributed by atoms with Gasteiger partial charge in [-0.25, -0.2) is 0 Å². The van der Waals surface area contributed by atoms with Crippen LogP contribution in [0.4, 0.5) is 0 Å². The summed E-state index contributed by atoms with van der Waals surface area (Å²) in [6.07, 6.45) is -0.268. The van der Waals surface area contributed by atoms with Crippen LogP contribution in [0.25, 0.3) is 0 Å². The molecule has 0 aromatic heterocycles. The summed E-state index contributed by atoms with van der Waals surface area (Å²) in [7, 11) is 0. The van der Waals surface area contributed by atoms with E-state index in [1.165, 1.54) is 0 Å². The molecule has 0 aliphatic rings. The lowest BCUT2D eigenvalue weighted by Crippen LogP contribution is -2.47. The SMILES string of the molecule is CCOC(=O)C(CC(=O)OC(C)(C)C)(CC(C)C)C(=O)OC(C)(C)C. The fourth-order valence-corrected chi connectivity index (χ4v) is 2.43. The van der Waals surface area contributed by atoms with Gasteiger partial charge < -0.3 is 14.2 Å². The number of carbonyl (C=O) groups excluding carboxylic acids is 3. The van der Waals surface area contributed by atoms with Gasteiger partial charge in [0.15, 0.2) is 5.41 Å². The molecule has 0 spiro atoms. The summed E-state index contributed by atoms with van der Waals surface area (Å²) < 4.78 is 15.9. The minimum Gasteiger partial charge on any atom is -0.465 e. The van der Waals surface area contributed by atoms with Crippen LogP contribution in [0, 0.1) is 11.3 Å². The number of hydrogen-bond donors (Lipinski definition) is 0. The molecule has 6 nitrogen and oxygen atoms in total. The minimum absolute atomic E-state index is 0.0284. The van der Waals surface area contributed by atoms with Crippen LogP contribution in [0.5, 0.6) is 0 Å². The van der Waals surface area contributed by atoms with Crippen LogP contribution in [0.15, 0.2) is 0 Å². The van der Waals surface area contributed by atoms with Gasteiger partial charge in [-0.2, -0.15) is 0 Å². The van der Waals surface area contributed by atoms with Crippen molar-refractivity contribution in [2.75, 3.05) is 6.61 Å². The van der Waals surface area contributed by atoms with E-state index in [2.05, 4.69) is 0 Å². The highest BCUT2D eigenvalue weighted by Crippen LogP contribution is 2.36. The van der Waals surface area contributed by atoms with Crippen LogP contribution < -0.4 is 0 Å². The van der Waals surface area contributed by atoms with E-state index >= 15 is 0 Å². The standard InChI is InChI=1S/C19H34O6/c1-10-23-15(21)19(11-13(2)3,16(22)25-18(7,8)9)12-14(20)24-17(4,5)6/h13H,10-12H2,1-9H3. The smallest absolute Gasteiger partial charge is 0.324 e. The highest BCUT2D eigenvalue weighted by molar-refractivity contribution is 6.03. The summed E-state index contributed by atoms with van der Waals surface area (Å²) in [5, 5.41) is 0. The lowest BCUT2D eigenvalue weighted by atomic mass is 9.77. The van der Waals surface area contributed by atoms with Gasteiger partial charge in [-0.3, -0.25) is 14.4 Å². The molecule has 0 heterocycles. The van der Waals surface area contributed by atoms with Crippen molar-refractivity contribution in [2.24, 2.45) is 11.3 Å². The van der Waals surface area contributed by atoms with Crippen molar-refractivity contribution in [3.63, 3.8) is 0 Å². The van der Waals surface area contributed by atoms with Crippen molar-refractivity contribution >= 4 is 17.9 Å². The van der Waals surface area contributed by atoms with E-state index in [0.29, 0.717) is 0 Å². The number of hydrogen-bond acceptors (Lipinski definition) is 6. The van der Waals surface area contributed by atoms with E-state index in [9.17, 15) is 14.4 Å². The lowest BCUT2D eigenvalue weighted by Gasteiger charge is -2.33.